The third-order valence-electron chi connectivity index (χ3n) is 12.4. The summed E-state index contributed by atoms with van der Waals surface area (Å²) in [5.41, 5.74) is 0. The number of carbonyl (C=O) groups is 1. The Bertz CT molecular complexity index is 1090. The summed E-state index contributed by atoms with van der Waals surface area (Å²) < 4.78 is 0. The predicted octanol–water partition coefficient (Wildman–Crippen LogP) is 18.2. The minimum Gasteiger partial charge on any atom is -0.394 e. The minimum absolute atomic E-state index is 0.0854. The summed E-state index contributed by atoms with van der Waals surface area (Å²) in [5.74, 6) is -0.0854. The van der Waals surface area contributed by atoms with Gasteiger partial charge >= 0.3 is 0 Å². The second kappa shape index (κ2) is 54.2. The molecule has 63 heavy (non-hydrogen) atoms. The predicted molar refractivity (Wildman–Crippen MR) is 281 cm³/mol. The van der Waals surface area contributed by atoms with Crippen molar-refractivity contribution in [1.29, 1.82) is 0 Å². The first-order valence-corrected chi connectivity index (χ1v) is 27.7. The molecule has 0 heterocycles. The maximum atomic E-state index is 12.5. The molecule has 2 unspecified atom stereocenters. The standard InChI is InChI=1S/C59H107NO3/c1-3-5-7-9-11-13-15-17-19-21-23-25-27-28-29-30-31-33-34-36-38-40-42-44-46-48-50-52-54-58(62)57(56-61)60-59(63)55-53-51-49-47-45-43-41-39-37-35-32-26-24-22-20-18-16-14-12-10-8-6-4-2/h16,18,22,24,32,35-36,38,44,46,52,54,57-58,61-62H,3-15,17,19-21,23,25-31,33-34,37,39-43,45,47-51,53,55-56H2,1-2H3,(H,60,63)/b18-16-,24-22-,35-32-,38-36+,46-44+,54-52+. The Morgan fingerprint density at radius 3 is 1.03 bits per heavy atom. The zero-order valence-corrected chi connectivity index (χ0v) is 42.1. The third-order valence-corrected chi connectivity index (χ3v) is 12.4. The molecule has 366 valence electrons. The number of aliphatic hydroxyl groups excluding tert-OH is 2. The first-order valence-electron chi connectivity index (χ1n) is 27.7. The van der Waals surface area contributed by atoms with Crippen molar-refractivity contribution < 1.29 is 15.0 Å². The summed E-state index contributed by atoms with van der Waals surface area (Å²) in [6.07, 6.45) is 77.7. The number of aliphatic hydroxyl groups is 2. The van der Waals surface area contributed by atoms with Gasteiger partial charge in [-0.2, -0.15) is 0 Å². The maximum absolute atomic E-state index is 12.5. The fraction of sp³-hybridized carbons (Fsp3) is 0.780. The smallest absolute Gasteiger partial charge is 0.220 e. The van der Waals surface area contributed by atoms with E-state index in [9.17, 15) is 15.0 Å². The molecule has 3 N–H and O–H groups in total. The molecule has 0 fully saturated rings. The molecule has 0 spiro atoms. The molecule has 0 aliphatic rings. The van der Waals surface area contributed by atoms with Crippen LogP contribution in [0.2, 0.25) is 0 Å². The van der Waals surface area contributed by atoms with Crippen molar-refractivity contribution in [3.8, 4) is 0 Å². The van der Waals surface area contributed by atoms with Gasteiger partial charge in [-0.05, 0) is 83.5 Å². The van der Waals surface area contributed by atoms with E-state index in [4.69, 9.17) is 0 Å². The summed E-state index contributed by atoms with van der Waals surface area (Å²) in [7, 11) is 0. The number of hydrogen-bond acceptors (Lipinski definition) is 3. The van der Waals surface area contributed by atoms with Gasteiger partial charge < -0.3 is 15.5 Å². The van der Waals surface area contributed by atoms with Crippen LogP contribution in [0.25, 0.3) is 0 Å². The number of amides is 1. The number of carbonyl (C=O) groups excluding carboxylic acids is 1. The van der Waals surface area contributed by atoms with Gasteiger partial charge in [-0.3, -0.25) is 4.79 Å². The Hall–Kier alpha value is -2.17. The van der Waals surface area contributed by atoms with Gasteiger partial charge in [-0.25, -0.2) is 0 Å². The van der Waals surface area contributed by atoms with E-state index in [-0.39, 0.29) is 12.5 Å². The van der Waals surface area contributed by atoms with Crippen LogP contribution in [-0.2, 0) is 4.79 Å². The van der Waals surface area contributed by atoms with E-state index in [1.165, 1.54) is 199 Å². The normalized spacial score (nSPS) is 13.4. The molecule has 1 amide bonds. The van der Waals surface area contributed by atoms with E-state index in [2.05, 4.69) is 79.9 Å². The SMILES string of the molecule is CCCCCCC/C=C\C/C=C\C/C=C\CCCCCCCCCCC(=O)NC(CO)C(O)/C=C/CC/C=C/CC/C=C/CCCCCCCCCCCCCCCCCCCC. The molecule has 0 aliphatic carbocycles. The fourth-order valence-corrected chi connectivity index (χ4v) is 8.16. The van der Waals surface area contributed by atoms with Gasteiger partial charge in [0, 0.05) is 6.42 Å². The van der Waals surface area contributed by atoms with Gasteiger partial charge in [0.05, 0.1) is 18.8 Å². The maximum Gasteiger partial charge on any atom is 0.220 e. The van der Waals surface area contributed by atoms with Crippen LogP contribution >= 0.6 is 0 Å². The van der Waals surface area contributed by atoms with E-state index >= 15 is 0 Å². The molecule has 0 aromatic heterocycles. The van der Waals surface area contributed by atoms with Crippen LogP contribution in [0.4, 0.5) is 0 Å². The van der Waals surface area contributed by atoms with Gasteiger partial charge in [0.1, 0.15) is 0 Å². The summed E-state index contributed by atoms with van der Waals surface area (Å²) in [4.78, 5) is 12.5. The van der Waals surface area contributed by atoms with Gasteiger partial charge in [-0.1, -0.05) is 260 Å². The highest BCUT2D eigenvalue weighted by Gasteiger charge is 2.17. The molecule has 0 aliphatic heterocycles. The van der Waals surface area contributed by atoms with Crippen LogP contribution in [-0.4, -0.2) is 34.9 Å². The first kappa shape index (κ1) is 60.8. The van der Waals surface area contributed by atoms with Crippen LogP contribution < -0.4 is 5.32 Å². The van der Waals surface area contributed by atoms with E-state index in [0.29, 0.717) is 6.42 Å². The van der Waals surface area contributed by atoms with Crippen molar-refractivity contribution in [3.05, 3.63) is 72.9 Å². The molecule has 4 heteroatoms. The number of rotatable bonds is 50. The summed E-state index contributed by atoms with van der Waals surface area (Å²) in [6.45, 7) is 4.30. The molecule has 2 atom stereocenters. The zero-order chi connectivity index (χ0) is 45.6. The molecule has 0 saturated heterocycles. The number of unbranched alkanes of at least 4 members (excludes halogenated alkanes) is 33. The lowest BCUT2D eigenvalue weighted by atomic mass is 10.0. The van der Waals surface area contributed by atoms with E-state index in [1.807, 2.05) is 6.08 Å². The van der Waals surface area contributed by atoms with Gasteiger partial charge in [0.15, 0.2) is 0 Å². The van der Waals surface area contributed by atoms with E-state index in [1.54, 1.807) is 6.08 Å². The largest absolute Gasteiger partial charge is 0.394 e. The summed E-state index contributed by atoms with van der Waals surface area (Å²) >= 11 is 0. The second-order valence-corrected chi connectivity index (χ2v) is 18.6. The third kappa shape index (κ3) is 50.7. The number of nitrogens with one attached hydrogen (secondary N) is 1. The fourth-order valence-electron chi connectivity index (χ4n) is 8.16. The van der Waals surface area contributed by atoms with E-state index in [0.717, 1.165) is 57.8 Å². The van der Waals surface area contributed by atoms with Crippen molar-refractivity contribution in [2.45, 2.75) is 289 Å². The molecule has 4 nitrogen and oxygen atoms in total. The number of allylic oxidation sites excluding steroid dienone is 11. The van der Waals surface area contributed by atoms with Gasteiger partial charge in [0.25, 0.3) is 0 Å². The van der Waals surface area contributed by atoms with Crippen molar-refractivity contribution in [3.63, 3.8) is 0 Å². The highest BCUT2D eigenvalue weighted by Crippen LogP contribution is 2.16. The zero-order valence-electron chi connectivity index (χ0n) is 42.1. The Balaban J connectivity index is 3.60. The quantitative estimate of drug-likeness (QED) is 0.0421. The van der Waals surface area contributed by atoms with Crippen LogP contribution in [0.15, 0.2) is 72.9 Å². The molecular formula is C59H107NO3. The molecule has 0 radical (unpaired) electrons. The van der Waals surface area contributed by atoms with E-state index < -0.39 is 12.1 Å². The first-order chi connectivity index (χ1) is 31.2. The van der Waals surface area contributed by atoms with Crippen molar-refractivity contribution in [2.75, 3.05) is 6.61 Å². The van der Waals surface area contributed by atoms with Crippen LogP contribution in [0.1, 0.15) is 277 Å². The lowest BCUT2D eigenvalue weighted by molar-refractivity contribution is -0.123. The van der Waals surface area contributed by atoms with Gasteiger partial charge in [-0.15, -0.1) is 0 Å². The summed E-state index contributed by atoms with van der Waals surface area (Å²) in [5, 5.41) is 23.1. The highest BCUT2D eigenvalue weighted by atomic mass is 16.3. The van der Waals surface area contributed by atoms with Crippen molar-refractivity contribution >= 4 is 5.91 Å². The van der Waals surface area contributed by atoms with Crippen LogP contribution in [0.5, 0.6) is 0 Å². The monoisotopic (exact) mass is 878 g/mol. The Morgan fingerprint density at radius 1 is 0.381 bits per heavy atom. The molecule has 0 aromatic rings. The average Bonchev–Trinajstić information content (AvgIpc) is 3.29. The molecule has 0 saturated carbocycles. The summed E-state index contributed by atoms with van der Waals surface area (Å²) in [6, 6.07) is -0.654. The van der Waals surface area contributed by atoms with Crippen LogP contribution in [0.3, 0.4) is 0 Å². The number of hydrogen-bond donors (Lipinski definition) is 3. The lowest BCUT2D eigenvalue weighted by Crippen LogP contribution is -2.45. The highest BCUT2D eigenvalue weighted by molar-refractivity contribution is 5.76. The molecule has 0 rings (SSSR count). The topological polar surface area (TPSA) is 69.6 Å². The average molecular weight is 879 g/mol. The van der Waals surface area contributed by atoms with Crippen LogP contribution in [0, 0.1) is 0 Å². The molecule has 0 aromatic carbocycles. The van der Waals surface area contributed by atoms with Gasteiger partial charge in [0.2, 0.25) is 5.91 Å². The Morgan fingerprint density at radius 2 is 0.667 bits per heavy atom. The lowest BCUT2D eigenvalue weighted by Gasteiger charge is -2.19. The van der Waals surface area contributed by atoms with Crippen molar-refractivity contribution in [2.24, 2.45) is 0 Å². The molecule has 0 bridgehead atoms. The molecular weight excluding hydrogens is 771 g/mol. The second-order valence-electron chi connectivity index (χ2n) is 18.6. The minimum atomic E-state index is -0.878. The Kier molecular flexibility index (Phi) is 52.3. The van der Waals surface area contributed by atoms with Crippen molar-refractivity contribution in [1.82, 2.24) is 5.32 Å². The Labute approximate surface area is 393 Å².